The zero-order valence-corrected chi connectivity index (χ0v) is 19.1. The predicted molar refractivity (Wildman–Crippen MR) is 117 cm³/mol. The van der Waals surface area contributed by atoms with Gasteiger partial charge in [-0.2, -0.15) is 0 Å². The first-order chi connectivity index (χ1) is 14.4. The summed E-state index contributed by atoms with van der Waals surface area (Å²) in [5.41, 5.74) is 0.695. The summed E-state index contributed by atoms with van der Waals surface area (Å²) in [6.07, 6.45) is 10.8. The van der Waals surface area contributed by atoms with E-state index in [0.29, 0.717) is 18.0 Å². The highest BCUT2D eigenvalue weighted by atomic mass is 16.5. The van der Waals surface area contributed by atoms with Crippen LogP contribution in [0.15, 0.2) is 0 Å². The SMILES string of the molecule is C[C@]12CC[C@H]3[C@H](CC[C@H]4C[C@H](O)CC[C@@]43C)[C@H]1CC[C@H]2NC(=O)CN1CCOCC1. The number of morpholine rings is 1. The predicted octanol–water partition coefficient (Wildman–Crippen LogP) is 3.21. The summed E-state index contributed by atoms with van der Waals surface area (Å²) in [6.45, 7) is 8.80. The lowest BCUT2D eigenvalue weighted by atomic mass is 9.45. The number of hydrogen-bond donors (Lipinski definition) is 2. The lowest BCUT2D eigenvalue weighted by Gasteiger charge is -2.61. The van der Waals surface area contributed by atoms with Crippen LogP contribution in [-0.4, -0.2) is 60.9 Å². The van der Waals surface area contributed by atoms with E-state index in [1.165, 1.54) is 38.5 Å². The molecule has 5 fully saturated rings. The van der Waals surface area contributed by atoms with E-state index in [1.807, 2.05) is 0 Å². The van der Waals surface area contributed by atoms with Crippen LogP contribution in [0.25, 0.3) is 0 Å². The Morgan fingerprint density at radius 2 is 1.73 bits per heavy atom. The van der Waals surface area contributed by atoms with Crippen molar-refractivity contribution in [2.24, 2.45) is 34.5 Å². The van der Waals surface area contributed by atoms with E-state index < -0.39 is 0 Å². The lowest BCUT2D eigenvalue weighted by molar-refractivity contribution is -0.131. The van der Waals surface area contributed by atoms with Gasteiger partial charge in [0.25, 0.3) is 0 Å². The Morgan fingerprint density at radius 1 is 1.00 bits per heavy atom. The number of fused-ring (bicyclic) bond motifs is 5. The molecule has 5 nitrogen and oxygen atoms in total. The molecule has 0 unspecified atom stereocenters. The Hall–Kier alpha value is -0.650. The largest absolute Gasteiger partial charge is 0.393 e. The molecule has 5 rings (SSSR count). The Labute approximate surface area is 182 Å². The fourth-order valence-corrected chi connectivity index (χ4v) is 8.67. The van der Waals surface area contributed by atoms with Crippen LogP contribution in [0.1, 0.15) is 71.6 Å². The van der Waals surface area contributed by atoms with Crippen LogP contribution in [-0.2, 0) is 9.53 Å². The molecule has 30 heavy (non-hydrogen) atoms. The zero-order chi connectivity index (χ0) is 20.9. The minimum Gasteiger partial charge on any atom is -0.393 e. The van der Waals surface area contributed by atoms with Crippen molar-refractivity contribution in [3.8, 4) is 0 Å². The molecule has 1 amide bonds. The van der Waals surface area contributed by atoms with Crippen LogP contribution in [0, 0.1) is 34.5 Å². The minimum atomic E-state index is -0.0639. The standard InChI is InChI=1S/C25H42N2O3/c1-24-9-7-18(28)15-17(24)3-4-19-20-5-6-22(25(20,2)10-8-21(19)24)26-23(29)16-27-11-13-30-14-12-27/h17-22,28H,3-16H2,1-2H3,(H,26,29)/t17-,18+,19+,20+,21-,22+,24-,25-/m0/s1. The number of carbonyl (C=O) groups excluding carboxylic acids is 1. The lowest BCUT2D eigenvalue weighted by Crippen LogP contribution is -2.56. The molecular weight excluding hydrogens is 376 g/mol. The van der Waals surface area contributed by atoms with Gasteiger partial charge in [0.05, 0.1) is 25.9 Å². The number of hydrogen-bond acceptors (Lipinski definition) is 4. The number of aliphatic hydroxyl groups excluding tert-OH is 1. The number of ether oxygens (including phenoxy) is 1. The molecule has 4 saturated carbocycles. The summed E-state index contributed by atoms with van der Waals surface area (Å²) >= 11 is 0. The average Bonchev–Trinajstić information content (AvgIpc) is 3.05. The van der Waals surface area contributed by atoms with Crippen molar-refractivity contribution in [3.63, 3.8) is 0 Å². The molecule has 8 atom stereocenters. The van der Waals surface area contributed by atoms with Gasteiger partial charge in [-0.25, -0.2) is 0 Å². The van der Waals surface area contributed by atoms with E-state index in [0.717, 1.165) is 69.2 Å². The molecule has 170 valence electrons. The van der Waals surface area contributed by atoms with Gasteiger partial charge in [-0.05, 0) is 92.3 Å². The van der Waals surface area contributed by atoms with Crippen molar-refractivity contribution >= 4 is 5.91 Å². The van der Waals surface area contributed by atoms with Gasteiger partial charge < -0.3 is 15.2 Å². The number of nitrogens with zero attached hydrogens (tertiary/aromatic N) is 1. The van der Waals surface area contributed by atoms with Gasteiger partial charge in [0.1, 0.15) is 0 Å². The van der Waals surface area contributed by atoms with Gasteiger partial charge in [0.2, 0.25) is 5.91 Å². The molecule has 5 aliphatic rings. The molecule has 0 aromatic carbocycles. The molecule has 2 N–H and O–H groups in total. The number of aliphatic hydroxyl groups is 1. The fraction of sp³-hybridized carbons (Fsp3) is 0.960. The Kier molecular flexibility index (Phi) is 5.69. The quantitative estimate of drug-likeness (QED) is 0.739. The summed E-state index contributed by atoms with van der Waals surface area (Å²) in [4.78, 5) is 15.0. The van der Waals surface area contributed by atoms with Crippen LogP contribution < -0.4 is 5.32 Å². The van der Waals surface area contributed by atoms with Crippen molar-refractivity contribution in [2.45, 2.75) is 83.8 Å². The van der Waals surface area contributed by atoms with E-state index >= 15 is 0 Å². The second kappa shape index (κ2) is 8.04. The van der Waals surface area contributed by atoms with Crippen molar-refractivity contribution in [2.75, 3.05) is 32.8 Å². The van der Waals surface area contributed by atoms with Gasteiger partial charge in [0.15, 0.2) is 0 Å². The summed E-state index contributed by atoms with van der Waals surface area (Å²) < 4.78 is 5.42. The molecule has 4 aliphatic carbocycles. The van der Waals surface area contributed by atoms with E-state index in [4.69, 9.17) is 4.74 Å². The molecule has 0 bridgehead atoms. The van der Waals surface area contributed by atoms with Crippen LogP contribution >= 0.6 is 0 Å². The molecular formula is C25H42N2O3. The molecule has 1 saturated heterocycles. The highest BCUT2D eigenvalue weighted by Gasteiger charge is 2.60. The highest BCUT2D eigenvalue weighted by Crippen LogP contribution is 2.66. The number of carbonyl (C=O) groups is 1. The first kappa shape index (κ1) is 21.2. The van der Waals surface area contributed by atoms with Gasteiger partial charge in [0, 0.05) is 19.1 Å². The first-order valence-corrected chi connectivity index (χ1v) is 12.7. The van der Waals surface area contributed by atoms with E-state index in [-0.39, 0.29) is 17.4 Å². The molecule has 0 radical (unpaired) electrons. The van der Waals surface area contributed by atoms with E-state index in [9.17, 15) is 9.90 Å². The van der Waals surface area contributed by atoms with Crippen molar-refractivity contribution < 1.29 is 14.6 Å². The highest BCUT2D eigenvalue weighted by molar-refractivity contribution is 5.78. The molecule has 0 aromatic heterocycles. The van der Waals surface area contributed by atoms with Gasteiger partial charge in [-0.3, -0.25) is 9.69 Å². The zero-order valence-electron chi connectivity index (χ0n) is 19.1. The normalized spacial score (nSPS) is 49.0. The summed E-state index contributed by atoms with van der Waals surface area (Å²) in [6, 6.07) is 0.343. The third-order valence-corrected chi connectivity index (χ3v) is 10.4. The monoisotopic (exact) mass is 418 g/mol. The maximum absolute atomic E-state index is 12.8. The Balaban J connectivity index is 1.25. The van der Waals surface area contributed by atoms with E-state index in [1.54, 1.807) is 0 Å². The number of rotatable bonds is 3. The van der Waals surface area contributed by atoms with Crippen LogP contribution in [0.4, 0.5) is 0 Å². The average molecular weight is 419 g/mol. The fourth-order valence-electron chi connectivity index (χ4n) is 8.67. The Bertz CT molecular complexity index is 650. The van der Waals surface area contributed by atoms with Gasteiger partial charge in [-0.1, -0.05) is 13.8 Å². The number of amides is 1. The second-order valence-corrected chi connectivity index (χ2v) is 11.7. The van der Waals surface area contributed by atoms with Crippen molar-refractivity contribution in [3.05, 3.63) is 0 Å². The Morgan fingerprint density at radius 3 is 2.53 bits per heavy atom. The summed E-state index contributed by atoms with van der Waals surface area (Å²) in [5.74, 6) is 3.33. The van der Waals surface area contributed by atoms with Crippen LogP contribution in [0.3, 0.4) is 0 Å². The topological polar surface area (TPSA) is 61.8 Å². The van der Waals surface area contributed by atoms with Crippen molar-refractivity contribution in [1.82, 2.24) is 10.2 Å². The molecule has 0 aromatic rings. The van der Waals surface area contributed by atoms with Crippen LogP contribution in [0.5, 0.6) is 0 Å². The first-order valence-electron chi connectivity index (χ1n) is 12.7. The molecule has 1 aliphatic heterocycles. The molecule has 1 heterocycles. The maximum atomic E-state index is 12.8. The maximum Gasteiger partial charge on any atom is 0.234 e. The third kappa shape index (κ3) is 3.53. The van der Waals surface area contributed by atoms with Gasteiger partial charge >= 0.3 is 0 Å². The molecule has 0 spiro atoms. The molecule has 5 heteroatoms. The smallest absolute Gasteiger partial charge is 0.234 e. The summed E-state index contributed by atoms with van der Waals surface area (Å²) in [7, 11) is 0. The minimum absolute atomic E-state index is 0.0639. The van der Waals surface area contributed by atoms with E-state index in [2.05, 4.69) is 24.1 Å². The summed E-state index contributed by atoms with van der Waals surface area (Å²) in [5, 5.41) is 13.7. The van der Waals surface area contributed by atoms with Crippen molar-refractivity contribution in [1.29, 1.82) is 0 Å². The van der Waals surface area contributed by atoms with Crippen LogP contribution in [0.2, 0.25) is 0 Å². The second-order valence-electron chi connectivity index (χ2n) is 11.7. The number of nitrogens with one attached hydrogen (secondary N) is 1. The third-order valence-electron chi connectivity index (χ3n) is 10.4. The van der Waals surface area contributed by atoms with Gasteiger partial charge in [-0.15, -0.1) is 0 Å².